The lowest BCUT2D eigenvalue weighted by Gasteiger charge is -2.54. The van der Waals surface area contributed by atoms with Crippen molar-refractivity contribution < 1.29 is 18.6 Å². The van der Waals surface area contributed by atoms with Crippen LogP contribution in [-0.2, 0) is 28.1 Å². The van der Waals surface area contributed by atoms with E-state index in [4.69, 9.17) is 29.9 Å². The van der Waals surface area contributed by atoms with E-state index in [0.29, 0.717) is 55.8 Å². The Morgan fingerprint density at radius 2 is 2.05 bits per heavy atom. The molecule has 4 fully saturated rings. The Morgan fingerprint density at radius 3 is 2.86 bits per heavy atom. The molecule has 11 heteroatoms. The Morgan fingerprint density at radius 1 is 1.18 bits per heavy atom. The minimum Gasteiger partial charge on any atom is -0.461 e. The van der Waals surface area contributed by atoms with Crippen LogP contribution in [0, 0.1) is 11.3 Å². The molecule has 4 saturated heterocycles. The fourth-order valence-electron chi connectivity index (χ4n) is 9.03. The molecule has 1 aliphatic carbocycles. The van der Waals surface area contributed by atoms with Crippen molar-refractivity contribution >= 4 is 11.5 Å². The van der Waals surface area contributed by atoms with Gasteiger partial charge in [-0.3, -0.25) is 4.90 Å². The first-order valence-electron chi connectivity index (χ1n) is 16.2. The normalized spacial score (nSPS) is 32.6. The highest BCUT2D eigenvalue weighted by atomic mass is 19.1. The second kappa shape index (κ2) is 10.2. The van der Waals surface area contributed by atoms with Crippen LogP contribution < -0.4 is 15.4 Å². The molecule has 6 aliphatic rings. The number of halogens is 1. The number of rotatable bonds is 4. The number of nitriles is 1. The molecule has 5 aliphatic heterocycles. The predicted octanol–water partition coefficient (Wildman–Crippen LogP) is 3.27. The van der Waals surface area contributed by atoms with Crippen LogP contribution in [0.2, 0.25) is 0 Å². The van der Waals surface area contributed by atoms with Gasteiger partial charge in [0, 0.05) is 49.3 Å². The molecular weight excluding hydrogens is 561 g/mol. The summed E-state index contributed by atoms with van der Waals surface area (Å²) in [6.45, 7) is 8.32. The molecule has 1 aromatic carbocycles. The number of fused-ring (bicyclic) bond motifs is 4. The number of nitrogens with two attached hydrogens (primary N) is 1. The van der Waals surface area contributed by atoms with E-state index in [9.17, 15) is 9.65 Å². The molecule has 2 aromatic rings. The van der Waals surface area contributed by atoms with Gasteiger partial charge in [0.05, 0.1) is 43.1 Å². The van der Waals surface area contributed by atoms with E-state index in [2.05, 4.69) is 40.8 Å². The van der Waals surface area contributed by atoms with Crippen LogP contribution >= 0.6 is 0 Å². The molecule has 1 aromatic heterocycles. The van der Waals surface area contributed by atoms with Gasteiger partial charge < -0.3 is 29.7 Å². The van der Waals surface area contributed by atoms with Crippen molar-refractivity contribution in [1.82, 2.24) is 19.8 Å². The first-order chi connectivity index (χ1) is 21.2. The first-order valence-corrected chi connectivity index (χ1v) is 16.2. The van der Waals surface area contributed by atoms with Crippen molar-refractivity contribution in [1.29, 1.82) is 5.26 Å². The molecule has 2 N–H and O–H groups in total. The molecular formula is C33H42FN7O3. The number of benzene rings is 1. The number of anilines is 2. The molecule has 4 atom stereocenters. The zero-order valence-electron chi connectivity index (χ0n) is 25.8. The zero-order chi connectivity index (χ0) is 30.3. The maximum atomic E-state index is 14.5. The quantitative estimate of drug-likeness (QED) is 0.523. The van der Waals surface area contributed by atoms with Gasteiger partial charge in [0.2, 0.25) is 0 Å². The summed E-state index contributed by atoms with van der Waals surface area (Å²) in [5.41, 5.74) is 10.0. The van der Waals surface area contributed by atoms with Crippen LogP contribution in [-0.4, -0.2) is 96.6 Å². The average Bonchev–Trinajstić information content (AvgIpc) is 3.52. The third kappa shape index (κ3) is 4.40. The van der Waals surface area contributed by atoms with E-state index < -0.39 is 11.8 Å². The monoisotopic (exact) mass is 603 g/mol. The number of aromatic nitrogens is 2. The topological polar surface area (TPSA) is 113 Å². The second-order valence-corrected chi connectivity index (χ2v) is 14.2. The second-order valence-electron chi connectivity index (χ2n) is 14.2. The van der Waals surface area contributed by atoms with Crippen molar-refractivity contribution in [3.63, 3.8) is 0 Å². The van der Waals surface area contributed by atoms with Gasteiger partial charge in [0.25, 0.3) is 0 Å². The Kier molecular flexibility index (Phi) is 6.62. The molecule has 0 amide bonds. The van der Waals surface area contributed by atoms with Gasteiger partial charge in [0.1, 0.15) is 35.9 Å². The van der Waals surface area contributed by atoms with E-state index in [1.807, 2.05) is 6.07 Å². The van der Waals surface area contributed by atoms with Crippen LogP contribution in [0.1, 0.15) is 72.9 Å². The minimum absolute atomic E-state index is 0.205. The van der Waals surface area contributed by atoms with E-state index in [0.717, 1.165) is 93.2 Å². The van der Waals surface area contributed by atoms with Crippen LogP contribution in [0.3, 0.4) is 0 Å². The van der Waals surface area contributed by atoms with Gasteiger partial charge in [-0.05, 0) is 56.8 Å². The summed E-state index contributed by atoms with van der Waals surface area (Å²) in [4.78, 5) is 16.9. The van der Waals surface area contributed by atoms with Gasteiger partial charge >= 0.3 is 6.01 Å². The van der Waals surface area contributed by atoms with Crippen molar-refractivity contribution in [3.05, 3.63) is 40.1 Å². The summed E-state index contributed by atoms with van der Waals surface area (Å²) >= 11 is 0. The number of hydrogen-bond acceptors (Lipinski definition) is 10. The van der Waals surface area contributed by atoms with Gasteiger partial charge in [0.15, 0.2) is 0 Å². The minimum atomic E-state index is -0.822. The lowest BCUT2D eigenvalue weighted by molar-refractivity contribution is -0.118. The fourth-order valence-corrected chi connectivity index (χ4v) is 9.03. The van der Waals surface area contributed by atoms with Crippen LogP contribution in [0.15, 0.2) is 12.1 Å². The molecule has 0 saturated carbocycles. The standard InChI is InChI=1S/C33H42FN7O3/c1-21-6-8-33(28-23(21)4-5-26(36)24(28)14-35)13-27-25(16-44-33)29(40-18-32(19-40)17-39(2)10-11-43-32)38-30(37-27)42-20-31-7-3-9-41(31)15-22(34)12-31/h4-5,21-22H,3,6-13,15-20,36H2,1-2H3. The Bertz CT molecular complexity index is 1530. The SMILES string of the molecule is CC1CCC2(Cc3nc(OCC45CCCN4CC(F)C5)nc(N4CC5(CN(C)CCO5)C4)c3CO2)c2c1ccc(N)c2C#N. The maximum absolute atomic E-state index is 14.5. The smallest absolute Gasteiger partial charge is 0.318 e. The molecule has 4 unspecified atom stereocenters. The van der Waals surface area contributed by atoms with Gasteiger partial charge in [-0.15, -0.1) is 0 Å². The number of morpholine rings is 1. The number of hydrogen-bond donors (Lipinski definition) is 1. The van der Waals surface area contributed by atoms with Crippen molar-refractivity contribution in [2.45, 2.75) is 80.9 Å². The van der Waals surface area contributed by atoms with E-state index >= 15 is 0 Å². The predicted molar refractivity (Wildman–Crippen MR) is 162 cm³/mol. The third-order valence-electron chi connectivity index (χ3n) is 11.3. The maximum Gasteiger partial charge on any atom is 0.318 e. The fraction of sp³-hybridized carbons (Fsp3) is 0.667. The largest absolute Gasteiger partial charge is 0.461 e. The molecule has 10 nitrogen and oxygen atoms in total. The van der Waals surface area contributed by atoms with Gasteiger partial charge in [-0.25, -0.2) is 4.39 Å². The number of ether oxygens (including phenoxy) is 3. The molecule has 2 spiro atoms. The van der Waals surface area contributed by atoms with E-state index in [-0.39, 0.29) is 11.1 Å². The Hall–Kier alpha value is -3.04. The number of nitrogen functional groups attached to an aromatic ring is 1. The summed E-state index contributed by atoms with van der Waals surface area (Å²) in [6, 6.07) is 6.62. The van der Waals surface area contributed by atoms with Crippen molar-refractivity contribution in [2.24, 2.45) is 0 Å². The summed E-state index contributed by atoms with van der Waals surface area (Å²) in [7, 11) is 2.14. The Balaban J connectivity index is 1.16. The lowest BCUT2D eigenvalue weighted by Crippen LogP contribution is -2.70. The summed E-state index contributed by atoms with van der Waals surface area (Å²) in [6.07, 6.45) is 3.88. The van der Waals surface area contributed by atoms with Crippen LogP contribution in [0.5, 0.6) is 6.01 Å². The van der Waals surface area contributed by atoms with Crippen molar-refractivity contribution in [3.8, 4) is 12.1 Å². The molecule has 0 radical (unpaired) electrons. The molecule has 8 rings (SSSR count). The third-order valence-corrected chi connectivity index (χ3v) is 11.3. The molecule has 44 heavy (non-hydrogen) atoms. The Labute approximate surface area is 258 Å². The summed E-state index contributed by atoms with van der Waals surface area (Å²) in [5, 5.41) is 10.2. The molecule has 6 heterocycles. The van der Waals surface area contributed by atoms with Gasteiger partial charge in [-0.2, -0.15) is 15.2 Å². The molecule has 0 bridgehead atoms. The van der Waals surface area contributed by atoms with E-state index in [1.54, 1.807) is 0 Å². The van der Waals surface area contributed by atoms with E-state index in [1.165, 1.54) is 0 Å². The number of likely N-dealkylation sites (N-methyl/N-ethyl adjacent to an activating group) is 1. The average molecular weight is 604 g/mol. The van der Waals surface area contributed by atoms with Crippen LogP contribution in [0.4, 0.5) is 15.9 Å². The first kappa shape index (κ1) is 28.4. The zero-order valence-corrected chi connectivity index (χ0v) is 25.8. The van der Waals surface area contributed by atoms with Gasteiger partial charge in [-0.1, -0.05) is 13.0 Å². The number of nitrogens with zero attached hydrogens (tertiary/aromatic N) is 6. The van der Waals surface area contributed by atoms with Crippen LogP contribution in [0.25, 0.3) is 0 Å². The van der Waals surface area contributed by atoms with Crippen molar-refractivity contribution in [2.75, 3.05) is 70.2 Å². The highest BCUT2D eigenvalue weighted by Crippen LogP contribution is 2.51. The number of alkyl halides is 1. The summed E-state index contributed by atoms with van der Waals surface area (Å²) in [5.74, 6) is 1.13. The highest BCUT2D eigenvalue weighted by molar-refractivity contribution is 5.64. The lowest BCUT2D eigenvalue weighted by atomic mass is 9.69. The summed E-state index contributed by atoms with van der Waals surface area (Å²) < 4.78 is 34.0. The highest BCUT2D eigenvalue weighted by Gasteiger charge is 2.52. The molecule has 234 valence electrons.